The number of H-pyrrole nitrogens is 1. The minimum atomic E-state index is 0.0511. The van der Waals surface area contributed by atoms with Gasteiger partial charge in [-0.3, -0.25) is 4.79 Å². The number of rotatable bonds is 2. The highest BCUT2D eigenvalue weighted by Crippen LogP contribution is 2.57. The van der Waals surface area contributed by atoms with Crippen molar-refractivity contribution < 1.29 is 0 Å². The maximum Gasteiger partial charge on any atom is 0.264 e. The van der Waals surface area contributed by atoms with Crippen molar-refractivity contribution in [3.8, 4) is 0 Å². The van der Waals surface area contributed by atoms with E-state index in [1.54, 1.807) is 0 Å². The predicted octanol–water partition coefficient (Wildman–Crippen LogP) is 2.77. The molecule has 2 saturated carbocycles. The van der Waals surface area contributed by atoms with E-state index >= 15 is 0 Å². The lowest BCUT2D eigenvalue weighted by Gasteiger charge is -2.07. The molecule has 2 aliphatic rings. The van der Waals surface area contributed by atoms with E-state index in [1.807, 2.05) is 0 Å². The average Bonchev–Trinajstić information content (AvgIpc) is 3.07. The number of hydrogen-bond acceptors (Lipinski definition) is 2. The van der Waals surface area contributed by atoms with E-state index in [9.17, 15) is 4.79 Å². The summed E-state index contributed by atoms with van der Waals surface area (Å²) >= 11 is 2.12. The van der Waals surface area contributed by atoms with Gasteiger partial charge in [0.1, 0.15) is 5.82 Å². The highest BCUT2D eigenvalue weighted by molar-refractivity contribution is 14.1. The normalized spacial score (nSPS) is 26.8. The van der Waals surface area contributed by atoms with Gasteiger partial charge in [0.05, 0.1) is 9.26 Å². The molecule has 1 aromatic heterocycles. The maximum absolute atomic E-state index is 11.8. The van der Waals surface area contributed by atoms with E-state index in [4.69, 9.17) is 0 Å². The summed E-state index contributed by atoms with van der Waals surface area (Å²) in [4.78, 5) is 19.5. The summed E-state index contributed by atoms with van der Waals surface area (Å²) in [5, 5.41) is 0. The zero-order chi connectivity index (χ0) is 11.5. The number of hydrogen-bond donors (Lipinski definition) is 1. The molecule has 0 spiro atoms. The molecule has 0 amide bonds. The highest BCUT2D eigenvalue weighted by Gasteiger charge is 2.48. The van der Waals surface area contributed by atoms with Gasteiger partial charge >= 0.3 is 0 Å². The van der Waals surface area contributed by atoms with Gasteiger partial charge in [-0.1, -0.05) is 13.8 Å². The molecule has 16 heavy (non-hydrogen) atoms. The molecule has 0 radical (unpaired) electrons. The SMILES string of the molecule is CC1(C)CC1c1nc(C2CC2)c(I)c(=O)[nH]1. The first-order valence-electron chi connectivity index (χ1n) is 5.78. The minimum absolute atomic E-state index is 0.0511. The fraction of sp³-hybridized carbons (Fsp3) is 0.667. The molecular formula is C12H15IN2O. The Morgan fingerprint density at radius 3 is 2.56 bits per heavy atom. The van der Waals surface area contributed by atoms with Crippen molar-refractivity contribution in [1.82, 2.24) is 9.97 Å². The van der Waals surface area contributed by atoms with Crippen LogP contribution in [0.15, 0.2) is 4.79 Å². The smallest absolute Gasteiger partial charge is 0.264 e. The van der Waals surface area contributed by atoms with Gasteiger partial charge in [0.25, 0.3) is 5.56 Å². The Labute approximate surface area is 108 Å². The molecule has 2 aliphatic carbocycles. The average molecular weight is 330 g/mol. The Balaban J connectivity index is 2.04. The summed E-state index contributed by atoms with van der Waals surface area (Å²) < 4.78 is 0.794. The molecule has 86 valence electrons. The summed E-state index contributed by atoms with van der Waals surface area (Å²) in [7, 11) is 0. The van der Waals surface area contributed by atoms with Crippen LogP contribution in [0.25, 0.3) is 0 Å². The van der Waals surface area contributed by atoms with Gasteiger partial charge in [0.2, 0.25) is 0 Å². The lowest BCUT2D eigenvalue weighted by Crippen LogP contribution is -2.18. The summed E-state index contributed by atoms with van der Waals surface area (Å²) in [6.07, 6.45) is 3.53. The van der Waals surface area contributed by atoms with E-state index < -0.39 is 0 Å². The van der Waals surface area contributed by atoms with Crippen LogP contribution < -0.4 is 5.56 Å². The van der Waals surface area contributed by atoms with Gasteiger partial charge in [-0.2, -0.15) is 0 Å². The minimum Gasteiger partial charge on any atom is -0.309 e. The van der Waals surface area contributed by atoms with Gasteiger partial charge in [-0.25, -0.2) is 4.98 Å². The first kappa shape index (κ1) is 10.7. The van der Waals surface area contributed by atoms with Crippen molar-refractivity contribution in [3.63, 3.8) is 0 Å². The molecule has 3 rings (SSSR count). The molecular weight excluding hydrogens is 315 g/mol. The second-order valence-electron chi connectivity index (χ2n) is 5.67. The predicted molar refractivity (Wildman–Crippen MR) is 70.7 cm³/mol. The van der Waals surface area contributed by atoms with Crippen LogP contribution in [0.4, 0.5) is 0 Å². The summed E-state index contributed by atoms with van der Waals surface area (Å²) in [6, 6.07) is 0. The van der Waals surface area contributed by atoms with Gasteiger partial charge in [0.15, 0.2) is 0 Å². The molecule has 1 heterocycles. The Morgan fingerprint density at radius 2 is 2.06 bits per heavy atom. The van der Waals surface area contributed by atoms with Crippen LogP contribution in [0.5, 0.6) is 0 Å². The molecule has 1 atom stereocenters. The molecule has 1 unspecified atom stereocenters. The van der Waals surface area contributed by atoms with Gasteiger partial charge in [0, 0.05) is 11.8 Å². The van der Waals surface area contributed by atoms with Crippen LogP contribution in [0.2, 0.25) is 0 Å². The molecule has 0 saturated heterocycles. The summed E-state index contributed by atoms with van der Waals surface area (Å²) in [5.41, 5.74) is 1.42. The number of nitrogens with zero attached hydrogens (tertiary/aromatic N) is 1. The standard InChI is InChI=1S/C12H15IN2O/c1-12(2)5-7(12)10-14-9(6-3-4-6)8(13)11(16)15-10/h6-7H,3-5H2,1-2H3,(H,14,15,16). The second-order valence-corrected chi connectivity index (χ2v) is 6.75. The molecule has 1 N–H and O–H groups in total. The van der Waals surface area contributed by atoms with Crippen molar-refractivity contribution in [1.29, 1.82) is 0 Å². The van der Waals surface area contributed by atoms with Crippen LogP contribution in [0.1, 0.15) is 56.5 Å². The largest absolute Gasteiger partial charge is 0.309 e. The number of halogens is 1. The van der Waals surface area contributed by atoms with Gasteiger partial charge in [-0.15, -0.1) is 0 Å². The zero-order valence-electron chi connectivity index (χ0n) is 9.51. The van der Waals surface area contributed by atoms with Crippen LogP contribution in [-0.2, 0) is 0 Å². The Bertz CT molecular complexity index is 502. The number of aromatic amines is 1. The summed E-state index contributed by atoms with van der Waals surface area (Å²) in [6.45, 7) is 4.46. The molecule has 4 heteroatoms. The third-order valence-electron chi connectivity index (χ3n) is 3.71. The van der Waals surface area contributed by atoms with Gasteiger partial charge < -0.3 is 4.98 Å². The second kappa shape index (κ2) is 3.31. The van der Waals surface area contributed by atoms with E-state index in [2.05, 4.69) is 46.4 Å². The van der Waals surface area contributed by atoms with Crippen LogP contribution in [0, 0.1) is 8.99 Å². The molecule has 1 aromatic rings. The van der Waals surface area contributed by atoms with Crippen molar-refractivity contribution >= 4 is 22.6 Å². The molecule has 3 nitrogen and oxygen atoms in total. The van der Waals surface area contributed by atoms with Crippen LogP contribution in [0.3, 0.4) is 0 Å². The topological polar surface area (TPSA) is 45.8 Å². The first-order valence-corrected chi connectivity index (χ1v) is 6.86. The lowest BCUT2D eigenvalue weighted by atomic mass is 10.1. The van der Waals surface area contributed by atoms with E-state index in [0.717, 1.165) is 21.5 Å². The molecule has 0 aliphatic heterocycles. The van der Waals surface area contributed by atoms with Crippen LogP contribution >= 0.6 is 22.6 Å². The van der Waals surface area contributed by atoms with Crippen LogP contribution in [-0.4, -0.2) is 9.97 Å². The van der Waals surface area contributed by atoms with Crippen molar-refractivity contribution in [3.05, 3.63) is 25.4 Å². The highest BCUT2D eigenvalue weighted by atomic mass is 127. The van der Waals surface area contributed by atoms with E-state index in [1.165, 1.54) is 12.8 Å². The Hall–Kier alpha value is -0.390. The van der Waals surface area contributed by atoms with E-state index in [-0.39, 0.29) is 5.56 Å². The maximum atomic E-state index is 11.8. The fourth-order valence-corrected chi connectivity index (χ4v) is 2.92. The van der Waals surface area contributed by atoms with Crippen molar-refractivity contribution in [2.24, 2.45) is 5.41 Å². The van der Waals surface area contributed by atoms with Crippen molar-refractivity contribution in [2.45, 2.75) is 44.9 Å². The number of aromatic nitrogens is 2. The molecule has 0 aromatic carbocycles. The van der Waals surface area contributed by atoms with Gasteiger partial charge in [-0.05, 0) is 47.3 Å². The summed E-state index contributed by atoms with van der Waals surface area (Å²) in [5.74, 6) is 1.92. The molecule has 0 bridgehead atoms. The zero-order valence-corrected chi connectivity index (χ0v) is 11.7. The quantitative estimate of drug-likeness (QED) is 0.848. The monoisotopic (exact) mass is 330 g/mol. The number of nitrogens with one attached hydrogen (secondary N) is 1. The third-order valence-corrected chi connectivity index (χ3v) is 4.76. The lowest BCUT2D eigenvalue weighted by molar-refractivity contribution is 0.605. The fourth-order valence-electron chi connectivity index (χ4n) is 2.22. The van der Waals surface area contributed by atoms with Crippen molar-refractivity contribution in [2.75, 3.05) is 0 Å². The third kappa shape index (κ3) is 1.71. The van der Waals surface area contributed by atoms with E-state index in [0.29, 0.717) is 17.3 Å². The Kier molecular flexibility index (Phi) is 2.22. The first-order chi connectivity index (χ1) is 7.49. The Morgan fingerprint density at radius 1 is 1.44 bits per heavy atom. The molecule has 2 fully saturated rings.